The zero-order valence-corrected chi connectivity index (χ0v) is 13.8. The maximum atomic E-state index is 14.6. The molecule has 132 valence electrons. The summed E-state index contributed by atoms with van der Waals surface area (Å²) in [6.07, 6.45) is 0.416. The van der Waals surface area contributed by atoms with Gasteiger partial charge in [-0.15, -0.1) is 0 Å². The molecule has 0 saturated heterocycles. The molecule has 7 nitrogen and oxygen atoms in total. The molecule has 1 aromatic heterocycles. The molecule has 1 heterocycles. The van der Waals surface area contributed by atoms with Gasteiger partial charge in [0.25, 0.3) is 0 Å². The number of alkyl halides is 2. The fourth-order valence-corrected chi connectivity index (χ4v) is 3.28. The summed E-state index contributed by atoms with van der Waals surface area (Å²) in [6, 6.07) is 0. The molecule has 23 heavy (non-hydrogen) atoms. The van der Waals surface area contributed by atoms with Crippen molar-refractivity contribution in [2.45, 2.75) is 45.1 Å². The highest BCUT2D eigenvalue weighted by Gasteiger charge is 2.66. The lowest BCUT2D eigenvalue weighted by Crippen LogP contribution is -2.48. The Morgan fingerprint density at radius 2 is 1.91 bits per heavy atom. The van der Waals surface area contributed by atoms with Crippen molar-refractivity contribution in [2.75, 3.05) is 6.61 Å². The van der Waals surface area contributed by atoms with E-state index < -0.39 is 43.2 Å². The first-order chi connectivity index (χ1) is 10.5. The molecule has 0 radical (unpaired) electrons. The van der Waals surface area contributed by atoms with Gasteiger partial charge >= 0.3 is 13.3 Å². The molecule has 10 heteroatoms. The standard InChI is InChI=1S/C13H20F2NO6P/c1-4-12(22-5-2,13(14,15)23(19,20)21)10-6-16-8(3)11(18)9(10)7-17/h6,17-18H,4-5,7H2,1-3H3,(H2,19,20,21). The van der Waals surface area contributed by atoms with Crippen LogP contribution in [-0.2, 0) is 21.5 Å². The summed E-state index contributed by atoms with van der Waals surface area (Å²) in [4.78, 5) is 22.0. The number of aliphatic hydroxyl groups excluding tert-OH is 1. The molecule has 0 spiro atoms. The van der Waals surface area contributed by atoms with Crippen LogP contribution < -0.4 is 0 Å². The smallest absolute Gasteiger partial charge is 0.398 e. The number of aryl methyl sites for hydroxylation is 1. The van der Waals surface area contributed by atoms with Crippen LogP contribution in [0.4, 0.5) is 8.78 Å². The average Bonchev–Trinajstić information content (AvgIpc) is 2.46. The van der Waals surface area contributed by atoms with E-state index in [4.69, 9.17) is 14.5 Å². The van der Waals surface area contributed by atoms with E-state index in [9.17, 15) is 23.6 Å². The Bertz CT molecular complexity index is 621. The van der Waals surface area contributed by atoms with E-state index in [1.165, 1.54) is 20.8 Å². The lowest BCUT2D eigenvalue weighted by Gasteiger charge is -2.40. The molecule has 4 N–H and O–H groups in total. The Kier molecular flexibility index (Phi) is 5.88. The normalized spacial score (nSPS) is 15.5. The Morgan fingerprint density at radius 3 is 2.30 bits per heavy atom. The van der Waals surface area contributed by atoms with Crippen molar-refractivity contribution in [3.05, 3.63) is 23.0 Å². The van der Waals surface area contributed by atoms with E-state index in [0.29, 0.717) is 0 Å². The van der Waals surface area contributed by atoms with Gasteiger partial charge in [0.05, 0.1) is 12.3 Å². The fourth-order valence-electron chi connectivity index (χ4n) is 2.47. The summed E-state index contributed by atoms with van der Waals surface area (Å²) in [5, 5.41) is 19.4. The first-order valence-electron chi connectivity index (χ1n) is 6.86. The number of halogens is 2. The van der Waals surface area contributed by atoms with Gasteiger partial charge in [0, 0.05) is 23.9 Å². The first-order valence-corrected chi connectivity index (χ1v) is 8.47. The van der Waals surface area contributed by atoms with Crippen molar-refractivity contribution in [3.63, 3.8) is 0 Å². The van der Waals surface area contributed by atoms with E-state index in [0.717, 1.165) is 6.20 Å². The third-order valence-corrected chi connectivity index (χ3v) is 4.77. The molecule has 0 bridgehead atoms. The number of ether oxygens (including phenoxy) is 1. The van der Waals surface area contributed by atoms with Gasteiger partial charge in [0.2, 0.25) is 0 Å². The second kappa shape index (κ2) is 6.78. The number of aliphatic hydroxyl groups is 1. The SMILES string of the molecule is CCOC(CC)(c1cnc(C)c(O)c1CO)C(F)(F)P(=O)(O)O. The number of aromatic hydroxyl groups is 1. The van der Waals surface area contributed by atoms with Gasteiger partial charge in [-0.1, -0.05) is 6.92 Å². The van der Waals surface area contributed by atoms with Crippen molar-refractivity contribution in [3.8, 4) is 5.75 Å². The minimum atomic E-state index is -5.91. The number of pyridine rings is 1. The molecule has 0 aliphatic heterocycles. The number of nitrogens with zero attached hydrogens (tertiary/aromatic N) is 1. The Labute approximate surface area is 132 Å². The van der Waals surface area contributed by atoms with Gasteiger partial charge in [0.15, 0.2) is 5.60 Å². The summed E-state index contributed by atoms with van der Waals surface area (Å²) in [6.45, 7) is 2.95. The van der Waals surface area contributed by atoms with Gasteiger partial charge in [-0.25, -0.2) is 0 Å². The minimum Gasteiger partial charge on any atom is -0.506 e. The molecule has 0 fully saturated rings. The van der Waals surface area contributed by atoms with E-state index in [-0.39, 0.29) is 17.9 Å². The van der Waals surface area contributed by atoms with Crippen LogP contribution in [0.3, 0.4) is 0 Å². The summed E-state index contributed by atoms with van der Waals surface area (Å²) in [7, 11) is -5.91. The second-order valence-corrected chi connectivity index (χ2v) is 6.59. The van der Waals surface area contributed by atoms with Crippen molar-refractivity contribution in [1.29, 1.82) is 0 Å². The minimum absolute atomic E-state index is 0.0822. The molecule has 1 atom stereocenters. The van der Waals surface area contributed by atoms with Crippen molar-refractivity contribution in [2.24, 2.45) is 0 Å². The van der Waals surface area contributed by atoms with E-state index in [1.54, 1.807) is 0 Å². The Balaban J connectivity index is 3.82. The van der Waals surface area contributed by atoms with Crippen LogP contribution in [-0.4, -0.2) is 37.3 Å². The van der Waals surface area contributed by atoms with Crippen LogP contribution in [0.2, 0.25) is 0 Å². The highest BCUT2D eigenvalue weighted by Crippen LogP contribution is 2.64. The predicted molar refractivity (Wildman–Crippen MR) is 77.1 cm³/mol. The maximum Gasteiger partial charge on any atom is 0.398 e. The van der Waals surface area contributed by atoms with Crippen LogP contribution >= 0.6 is 7.60 Å². The molecule has 1 unspecified atom stereocenters. The molecule has 0 aliphatic carbocycles. The van der Waals surface area contributed by atoms with Crippen molar-refractivity contribution < 1.29 is 38.1 Å². The fraction of sp³-hybridized carbons (Fsp3) is 0.615. The largest absolute Gasteiger partial charge is 0.506 e. The molecule has 1 aromatic rings. The van der Waals surface area contributed by atoms with Crippen molar-refractivity contribution >= 4 is 7.60 Å². The van der Waals surface area contributed by atoms with Crippen LogP contribution in [0.1, 0.15) is 37.1 Å². The Morgan fingerprint density at radius 1 is 1.35 bits per heavy atom. The topological polar surface area (TPSA) is 120 Å². The lowest BCUT2D eigenvalue weighted by molar-refractivity contribution is -0.181. The van der Waals surface area contributed by atoms with Crippen LogP contribution in [0.25, 0.3) is 0 Å². The summed E-state index contributed by atoms with van der Waals surface area (Å²) in [5.41, 5.74) is -8.00. The molecule has 0 aliphatic rings. The third kappa shape index (κ3) is 3.12. The molecule has 1 rings (SSSR count). The summed E-state index contributed by atoms with van der Waals surface area (Å²) < 4.78 is 45.7. The van der Waals surface area contributed by atoms with Gasteiger partial charge < -0.3 is 24.7 Å². The predicted octanol–water partition coefficient (Wildman–Crippen LogP) is 2.00. The van der Waals surface area contributed by atoms with Gasteiger partial charge in [-0.2, -0.15) is 8.78 Å². The summed E-state index contributed by atoms with van der Waals surface area (Å²) >= 11 is 0. The van der Waals surface area contributed by atoms with Gasteiger partial charge in [-0.3, -0.25) is 9.55 Å². The highest BCUT2D eigenvalue weighted by atomic mass is 31.2. The second-order valence-electron chi connectivity index (χ2n) is 4.94. The highest BCUT2D eigenvalue weighted by molar-refractivity contribution is 7.53. The number of hydrogen-bond donors (Lipinski definition) is 4. The van der Waals surface area contributed by atoms with Crippen molar-refractivity contribution in [1.82, 2.24) is 4.98 Å². The van der Waals surface area contributed by atoms with E-state index in [1.807, 2.05) is 0 Å². The number of hydrogen-bond acceptors (Lipinski definition) is 5. The molecular weight excluding hydrogens is 335 g/mol. The van der Waals surface area contributed by atoms with Crippen LogP contribution in [0.15, 0.2) is 6.20 Å². The molecule has 0 saturated carbocycles. The van der Waals surface area contributed by atoms with Crippen LogP contribution in [0, 0.1) is 6.92 Å². The number of rotatable bonds is 7. The maximum absolute atomic E-state index is 14.6. The monoisotopic (exact) mass is 355 g/mol. The zero-order valence-electron chi connectivity index (χ0n) is 13.0. The third-order valence-electron chi connectivity index (χ3n) is 3.67. The van der Waals surface area contributed by atoms with E-state index in [2.05, 4.69) is 4.98 Å². The zero-order chi connectivity index (χ0) is 18.1. The van der Waals surface area contributed by atoms with Gasteiger partial charge in [0.1, 0.15) is 5.75 Å². The van der Waals surface area contributed by atoms with E-state index >= 15 is 0 Å². The number of aromatic nitrogens is 1. The van der Waals surface area contributed by atoms with Gasteiger partial charge in [-0.05, 0) is 20.3 Å². The first kappa shape index (κ1) is 19.9. The lowest BCUT2D eigenvalue weighted by atomic mass is 9.87. The Hall–Kier alpha value is -1.12. The summed E-state index contributed by atoms with van der Waals surface area (Å²) in [5.74, 6) is -0.524. The molecule has 0 amide bonds. The molecular formula is C13H20F2NO6P. The van der Waals surface area contributed by atoms with Crippen LogP contribution in [0.5, 0.6) is 5.75 Å². The average molecular weight is 355 g/mol. The molecule has 0 aromatic carbocycles. The quantitative estimate of drug-likeness (QED) is 0.552.